The number of hydrogen-bond acceptors (Lipinski definition) is 5. The quantitative estimate of drug-likeness (QED) is 0.434. The third-order valence-electron chi connectivity index (χ3n) is 8.13. The number of piperidine rings is 1. The summed E-state index contributed by atoms with van der Waals surface area (Å²) in [5, 5.41) is 26.4. The average Bonchev–Trinajstić information content (AvgIpc) is 3.04. The summed E-state index contributed by atoms with van der Waals surface area (Å²) >= 11 is 6.10. The van der Waals surface area contributed by atoms with Gasteiger partial charge in [0.1, 0.15) is 12.0 Å². The fraction of sp³-hybridized carbons (Fsp3) is 0.375. The van der Waals surface area contributed by atoms with Crippen LogP contribution in [0.2, 0.25) is 5.02 Å². The Bertz CT molecular complexity index is 1310. The molecule has 2 aromatic rings. The van der Waals surface area contributed by atoms with Gasteiger partial charge < -0.3 is 25.2 Å². The van der Waals surface area contributed by atoms with Crippen LogP contribution in [0.15, 0.2) is 84.4 Å². The molecule has 0 amide bonds. The van der Waals surface area contributed by atoms with Crippen molar-refractivity contribution < 1.29 is 14.9 Å². The number of nitrogens with one attached hydrogen (secondary N) is 1. The Kier molecular flexibility index (Phi) is 7.31. The highest BCUT2D eigenvalue weighted by atomic mass is 35.5. The molecule has 1 saturated heterocycles. The zero-order valence-corrected chi connectivity index (χ0v) is 23.3. The van der Waals surface area contributed by atoms with Crippen molar-refractivity contribution in [2.75, 3.05) is 19.6 Å². The first-order valence-electron chi connectivity index (χ1n) is 13.4. The summed E-state index contributed by atoms with van der Waals surface area (Å²) in [7, 11) is 0. The molecule has 0 bridgehead atoms. The molecule has 3 aliphatic rings. The largest absolute Gasteiger partial charge is 0.462 e. The van der Waals surface area contributed by atoms with Crippen molar-refractivity contribution in [1.82, 2.24) is 10.2 Å². The Labute approximate surface area is 230 Å². The minimum atomic E-state index is -0.956. The molecule has 1 fully saturated rings. The Morgan fingerprint density at radius 1 is 1.13 bits per heavy atom. The predicted molar refractivity (Wildman–Crippen MR) is 153 cm³/mol. The van der Waals surface area contributed by atoms with Crippen LogP contribution in [-0.2, 0) is 11.2 Å². The van der Waals surface area contributed by atoms with Crippen LogP contribution in [0.5, 0.6) is 5.75 Å². The van der Waals surface area contributed by atoms with Gasteiger partial charge in [-0.3, -0.25) is 0 Å². The topological polar surface area (TPSA) is 65.0 Å². The first-order chi connectivity index (χ1) is 18.1. The van der Waals surface area contributed by atoms with Crippen molar-refractivity contribution in [3.05, 3.63) is 106 Å². The lowest BCUT2D eigenvalue weighted by atomic mass is 9.71. The van der Waals surface area contributed by atoms with Crippen LogP contribution in [0.3, 0.4) is 0 Å². The van der Waals surface area contributed by atoms with E-state index in [0.29, 0.717) is 5.02 Å². The van der Waals surface area contributed by atoms with Gasteiger partial charge in [0, 0.05) is 53.8 Å². The Balaban J connectivity index is 1.38. The molecule has 2 atom stereocenters. The zero-order valence-electron chi connectivity index (χ0n) is 22.5. The average molecular weight is 533 g/mol. The number of allylic oxidation sites excluding steroid dienone is 3. The van der Waals surface area contributed by atoms with Crippen molar-refractivity contribution in [2.45, 2.75) is 45.3 Å². The van der Waals surface area contributed by atoms with Crippen molar-refractivity contribution in [3.63, 3.8) is 0 Å². The Morgan fingerprint density at radius 3 is 2.53 bits per heavy atom. The van der Waals surface area contributed by atoms with E-state index in [1.54, 1.807) is 20.1 Å². The summed E-state index contributed by atoms with van der Waals surface area (Å²) in [6.45, 7) is 10.4. The minimum Gasteiger partial charge on any atom is -0.462 e. The Morgan fingerprint density at radius 2 is 1.84 bits per heavy atom. The van der Waals surface area contributed by atoms with Crippen LogP contribution in [-0.4, -0.2) is 34.7 Å². The number of hydrogen-bond donors (Lipinski definition) is 3. The van der Waals surface area contributed by atoms with Gasteiger partial charge in [0.05, 0.1) is 16.9 Å². The van der Waals surface area contributed by atoms with Crippen molar-refractivity contribution in [2.24, 2.45) is 11.8 Å². The van der Waals surface area contributed by atoms with E-state index in [1.807, 2.05) is 54.7 Å². The number of rotatable bonds is 5. The standard InChI is InChI=1S/C32H37ClN2O3/c1-21-18-35(19-22(2)32(21,37)23-9-12-25(33)13-10-23)16-6-8-26-27-7-5-15-34-29(27)20-38-30-14-11-24(17-28(26)30)31(3,4)36/h5,7-15,17,20-22,34,36-37H,6,16,18-19H2,1-4H3/b26-8-. The number of nitrogens with zero attached hydrogens (tertiary/aromatic N) is 1. The number of dihydropyridines is 1. The van der Waals surface area contributed by atoms with Crippen LogP contribution in [0.4, 0.5) is 0 Å². The van der Waals surface area contributed by atoms with E-state index in [9.17, 15) is 10.2 Å². The van der Waals surface area contributed by atoms with E-state index in [1.165, 1.54) is 0 Å². The fourth-order valence-electron chi connectivity index (χ4n) is 5.97. The third-order valence-corrected chi connectivity index (χ3v) is 8.38. The second-order valence-corrected chi connectivity index (χ2v) is 11.7. The number of likely N-dealkylation sites (tertiary alicyclic amines) is 1. The molecule has 0 radical (unpaired) electrons. The van der Waals surface area contributed by atoms with Gasteiger partial charge in [-0.05, 0) is 67.3 Å². The fourth-order valence-corrected chi connectivity index (χ4v) is 6.09. The van der Waals surface area contributed by atoms with Gasteiger partial charge in [-0.2, -0.15) is 0 Å². The summed E-state index contributed by atoms with van der Waals surface area (Å²) in [4.78, 5) is 2.45. The van der Waals surface area contributed by atoms with Gasteiger partial charge in [0.25, 0.3) is 0 Å². The molecule has 3 heterocycles. The van der Waals surface area contributed by atoms with E-state index in [0.717, 1.165) is 65.3 Å². The molecule has 2 aromatic carbocycles. The molecular formula is C32H37ClN2O3. The molecular weight excluding hydrogens is 496 g/mol. The highest BCUT2D eigenvalue weighted by Gasteiger charge is 2.45. The maximum atomic E-state index is 11.7. The normalized spacial score (nSPS) is 26.4. The second kappa shape index (κ2) is 10.4. The van der Waals surface area contributed by atoms with Crippen LogP contribution in [0.25, 0.3) is 5.57 Å². The lowest BCUT2D eigenvalue weighted by Crippen LogP contribution is -2.54. The zero-order chi connectivity index (χ0) is 27.1. The Hall–Kier alpha value is -2.83. The molecule has 3 N–H and O–H groups in total. The summed E-state index contributed by atoms with van der Waals surface area (Å²) in [5.41, 5.74) is 3.97. The monoisotopic (exact) mass is 532 g/mol. The first kappa shape index (κ1) is 26.8. The summed E-state index contributed by atoms with van der Waals surface area (Å²) in [6.07, 6.45) is 10.9. The van der Waals surface area contributed by atoms with Gasteiger partial charge in [-0.1, -0.05) is 55.8 Å². The number of benzene rings is 2. The number of fused-ring (bicyclic) bond motifs is 2. The molecule has 38 heavy (non-hydrogen) atoms. The van der Waals surface area contributed by atoms with Crippen LogP contribution >= 0.6 is 11.6 Å². The molecule has 0 aromatic heterocycles. The SMILES string of the molecule is CC1CN(CC/C=C2/C3=CC=CNC3=COc3ccc(C(C)(C)O)cc32)CC(C)C1(O)c1ccc(Cl)cc1. The van der Waals surface area contributed by atoms with Gasteiger partial charge in [0.15, 0.2) is 0 Å². The number of ether oxygens (including phenoxy) is 1. The van der Waals surface area contributed by atoms with E-state index in [-0.39, 0.29) is 11.8 Å². The van der Waals surface area contributed by atoms with Gasteiger partial charge in [0.2, 0.25) is 0 Å². The predicted octanol–water partition coefficient (Wildman–Crippen LogP) is 6.09. The molecule has 0 saturated carbocycles. The minimum absolute atomic E-state index is 0.0753. The number of halogens is 1. The molecule has 200 valence electrons. The summed E-state index contributed by atoms with van der Waals surface area (Å²) in [5.74, 6) is 0.916. The van der Waals surface area contributed by atoms with Crippen LogP contribution < -0.4 is 10.1 Å². The van der Waals surface area contributed by atoms with Crippen LogP contribution in [0.1, 0.15) is 50.8 Å². The maximum Gasteiger partial charge on any atom is 0.134 e. The van der Waals surface area contributed by atoms with E-state index >= 15 is 0 Å². The van der Waals surface area contributed by atoms with Crippen molar-refractivity contribution in [1.29, 1.82) is 0 Å². The summed E-state index contributed by atoms with van der Waals surface area (Å²) in [6, 6.07) is 13.5. The molecule has 5 nitrogen and oxygen atoms in total. The smallest absolute Gasteiger partial charge is 0.134 e. The van der Waals surface area contributed by atoms with E-state index in [2.05, 4.69) is 36.2 Å². The lowest BCUT2D eigenvalue weighted by molar-refractivity contribution is -0.112. The van der Waals surface area contributed by atoms with Crippen molar-refractivity contribution in [3.8, 4) is 5.75 Å². The van der Waals surface area contributed by atoms with Gasteiger partial charge in [-0.15, -0.1) is 0 Å². The highest BCUT2D eigenvalue weighted by Crippen LogP contribution is 2.42. The van der Waals surface area contributed by atoms with Crippen LogP contribution in [0, 0.1) is 11.8 Å². The van der Waals surface area contributed by atoms with E-state index in [4.69, 9.17) is 16.3 Å². The second-order valence-electron chi connectivity index (χ2n) is 11.3. The molecule has 2 unspecified atom stereocenters. The molecule has 6 heteroatoms. The highest BCUT2D eigenvalue weighted by molar-refractivity contribution is 6.30. The van der Waals surface area contributed by atoms with Gasteiger partial charge >= 0.3 is 0 Å². The van der Waals surface area contributed by atoms with Crippen molar-refractivity contribution >= 4 is 17.2 Å². The first-order valence-corrected chi connectivity index (χ1v) is 13.7. The number of aliphatic hydroxyl groups is 2. The molecule has 0 spiro atoms. The molecule has 3 aliphatic heterocycles. The molecule has 5 rings (SSSR count). The van der Waals surface area contributed by atoms with Gasteiger partial charge in [-0.25, -0.2) is 0 Å². The van der Waals surface area contributed by atoms with E-state index < -0.39 is 11.2 Å². The lowest BCUT2D eigenvalue weighted by Gasteiger charge is -2.48. The molecule has 0 aliphatic carbocycles. The summed E-state index contributed by atoms with van der Waals surface area (Å²) < 4.78 is 6.04. The maximum absolute atomic E-state index is 11.7. The third kappa shape index (κ3) is 5.08.